The predicted octanol–water partition coefficient (Wildman–Crippen LogP) is 0.518. The lowest BCUT2D eigenvalue weighted by atomic mass is 10.1. The largest absolute Gasteiger partial charge is 0.469 e. The Labute approximate surface area is 119 Å². The number of nitrogens with one attached hydrogen (secondary N) is 1. The number of carbonyl (C=O) groups excluding carboxylic acids is 1. The quantitative estimate of drug-likeness (QED) is 0.682. The molecule has 0 unspecified atom stereocenters. The van der Waals surface area contributed by atoms with Gasteiger partial charge in [-0.25, -0.2) is 13.1 Å². The first-order chi connectivity index (χ1) is 9.46. The van der Waals surface area contributed by atoms with Crippen LogP contribution in [0.25, 0.3) is 0 Å². The second-order valence-corrected chi connectivity index (χ2v) is 6.27. The van der Waals surface area contributed by atoms with E-state index in [-0.39, 0.29) is 25.1 Å². The molecule has 0 amide bonds. The molecule has 7 heteroatoms. The van der Waals surface area contributed by atoms with Crippen LogP contribution in [-0.4, -0.2) is 27.2 Å². The molecule has 6 nitrogen and oxygen atoms in total. The molecule has 0 aliphatic rings. The highest BCUT2D eigenvalue weighted by molar-refractivity contribution is 7.89. The van der Waals surface area contributed by atoms with Gasteiger partial charge in [0.2, 0.25) is 10.0 Å². The summed E-state index contributed by atoms with van der Waals surface area (Å²) in [6.45, 7) is 0.685. The van der Waals surface area contributed by atoms with E-state index in [4.69, 9.17) is 5.73 Å². The number of carbonyl (C=O) groups is 1. The summed E-state index contributed by atoms with van der Waals surface area (Å²) >= 11 is 0. The Balaban J connectivity index is 2.40. The van der Waals surface area contributed by atoms with Gasteiger partial charge < -0.3 is 10.5 Å². The number of benzene rings is 1. The molecule has 1 aromatic carbocycles. The number of methoxy groups -OCH3 is 1. The Kier molecular flexibility index (Phi) is 6.63. The second-order valence-electron chi connectivity index (χ2n) is 4.34. The van der Waals surface area contributed by atoms with Crippen molar-refractivity contribution < 1.29 is 17.9 Å². The molecule has 0 fully saturated rings. The molecule has 0 radical (unpaired) electrons. The topological polar surface area (TPSA) is 98.5 Å². The van der Waals surface area contributed by atoms with Crippen LogP contribution in [0.5, 0.6) is 0 Å². The van der Waals surface area contributed by atoms with Crippen molar-refractivity contribution in [2.24, 2.45) is 5.73 Å². The number of hydrogen-bond acceptors (Lipinski definition) is 5. The first-order valence-electron chi connectivity index (χ1n) is 6.29. The Morgan fingerprint density at radius 3 is 2.40 bits per heavy atom. The smallest absolute Gasteiger partial charge is 0.305 e. The number of esters is 1. The lowest BCUT2D eigenvalue weighted by Gasteiger charge is -2.07. The number of hydrogen-bond donors (Lipinski definition) is 2. The predicted molar refractivity (Wildman–Crippen MR) is 76.2 cm³/mol. The van der Waals surface area contributed by atoms with E-state index < -0.39 is 16.0 Å². The maximum Gasteiger partial charge on any atom is 0.305 e. The Morgan fingerprint density at radius 1 is 1.25 bits per heavy atom. The lowest BCUT2D eigenvalue weighted by molar-refractivity contribution is -0.140. The molecule has 0 aliphatic heterocycles. The van der Waals surface area contributed by atoms with Gasteiger partial charge in [-0.2, -0.15) is 0 Å². The lowest BCUT2D eigenvalue weighted by Crippen LogP contribution is -2.26. The van der Waals surface area contributed by atoms with Crippen LogP contribution in [0, 0.1) is 0 Å². The molecule has 0 aliphatic carbocycles. The van der Waals surface area contributed by atoms with Crippen molar-refractivity contribution >= 4 is 16.0 Å². The normalized spacial score (nSPS) is 11.3. The van der Waals surface area contributed by atoms with Gasteiger partial charge in [-0.05, 0) is 17.5 Å². The van der Waals surface area contributed by atoms with Crippen LogP contribution in [0.4, 0.5) is 0 Å². The molecule has 112 valence electrons. The molecule has 20 heavy (non-hydrogen) atoms. The van der Waals surface area contributed by atoms with Crippen LogP contribution in [0.2, 0.25) is 0 Å². The van der Waals surface area contributed by atoms with Crippen molar-refractivity contribution in [3.05, 3.63) is 35.4 Å². The molecule has 0 saturated carbocycles. The van der Waals surface area contributed by atoms with Crippen molar-refractivity contribution in [3.8, 4) is 0 Å². The standard InChI is InChI=1S/C13H20N2O4S/c1-19-13(16)3-2-8-20(17,18)15-10-12-6-4-11(9-14)5-7-12/h4-7,15H,2-3,8-10,14H2,1H3. The van der Waals surface area contributed by atoms with Gasteiger partial charge in [0.1, 0.15) is 0 Å². The first-order valence-corrected chi connectivity index (χ1v) is 7.94. The highest BCUT2D eigenvalue weighted by Gasteiger charge is 2.11. The van der Waals surface area contributed by atoms with E-state index in [2.05, 4.69) is 9.46 Å². The van der Waals surface area contributed by atoms with E-state index in [1.54, 1.807) is 0 Å². The number of sulfonamides is 1. The molecule has 1 rings (SSSR count). The summed E-state index contributed by atoms with van der Waals surface area (Å²) < 4.78 is 30.4. The third-order valence-electron chi connectivity index (χ3n) is 2.78. The van der Waals surface area contributed by atoms with E-state index in [0.29, 0.717) is 6.54 Å². The summed E-state index contributed by atoms with van der Waals surface area (Å²) in [5.41, 5.74) is 7.34. The molecular formula is C13H20N2O4S. The Hall–Kier alpha value is -1.44. The van der Waals surface area contributed by atoms with E-state index >= 15 is 0 Å². The summed E-state index contributed by atoms with van der Waals surface area (Å²) in [4.78, 5) is 10.9. The number of rotatable bonds is 8. The highest BCUT2D eigenvalue weighted by Crippen LogP contribution is 2.04. The minimum absolute atomic E-state index is 0.0943. The van der Waals surface area contributed by atoms with Crippen LogP contribution in [-0.2, 0) is 32.6 Å². The van der Waals surface area contributed by atoms with E-state index in [9.17, 15) is 13.2 Å². The van der Waals surface area contributed by atoms with Crippen LogP contribution in [0.1, 0.15) is 24.0 Å². The number of ether oxygens (including phenoxy) is 1. The molecular weight excluding hydrogens is 280 g/mol. The van der Waals surface area contributed by atoms with Crippen LogP contribution in [0.15, 0.2) is 24.3 Å². The molecule has 0 heterocycles. The molecule has 0 saturated heterocycles. The second kappa shape index (κ2) is 7.98. The fraction of sp³-hybridized carbons (Fsp3) is 0.462. The van der Waals surface area contributed by atoms with Gasteiger partial charge in [-0.15, -0.1) is 0 Å². The van der Waals surface area contributed by atoms with Crippen LogP contribution in [0.3, 0.4) is 0 Å². The van der Waals surface area contributed by atoms with Crippen molar-refractivity contribution in [2.45, 2.75) is 25.9 Å². The minimum atomic E-state index is -3.38. The Morgan fingerprint density at radius 2 is 1.85 bits per heavy atom. The van der Waals surface area contributed by atoms with Gasteiger partial charge in [-0.1, -0.05) is 24.3 Å². The zero-order chi connectivity index (χ0) is 15.0. The molecule has 0 atom stereocenters. The zero-order valence-corrected chi connectivity index (χ0v) is 12.3. The third-order valence-corrected chi connectivity index (χ3v) is 4.19. The molecule has 0 spiro atoms. The average molecular weight is 300 g/mol. The van der Waals surface area contributed by atoms with Crippen molar-refractivity contribution in [1.29, 1.82) is 0 Å². The van der Waals surface area contributed by atoms with Crippen LogP contribution >= 0.6 is 0 Å². The van der Waals surface area contributed by atoms with Crippen molar-refractivity contribution in [3.63, 3.8) is 0 Å². The fourth-order valence-electron chi connectivity index (χ4n) is 1.57. The van der Waals surface area contributed by atoms with E-state index in [1.165, 1.54) is 7.11 Å². The van der Waals surface area contributed by atoms with E-state index in [1.807, 2.05) is 24.3 Å². The summed E-state index contributed by atoms with van der Waals surface area (Å²) in [6, 6.07) is 7.39. The summed E-state index contributed by atoms with van der Waals surface area (Å²) in [7, 11) is -2.10. The van der Waals surface area contributed by atoms with E-state index in [0.717, 1.165) is 11.1 Å². The molecule has 1 aromatic rings. The molecule has 3 N–H and O–H groups in total. The van der Waals surface area contributed by atoms with Gasteiger partial charge in [-0.3, -0.25) is 4.79 Å². The third kappa shape index (κ3) is 6.14. The Bertz CT molecular complexity index is 526. The zero-order valence-electron chi connectivity index (χ0n) is 11.5. The molecule has 0 aromatic heterocycles. The fourth-order valence-corrected chi connectivity index (χ4v) is 2.62. The van der Waals surface area contributed by atoms with Gasteiger partial charge in [0.25, 0.3) is 0 Å². The van der Waals surface area contributed by atoms with Gasteiger partial charge in [0.05, 0.1) is 12.9 Å². The average Bonchev–Trinajstić information content (AvgIpc) is 2.45. The van der Waals surface area contributed by atoms with Gasteiger partial charge in [0, 0.05) is 19.5 Å². The SMILES string of the molecule is COC(=O)CCCS(=O)(=O)NCc1ccc(CN)cc1. The maximum atomic E-state index is 11.7. The summed E-state index contributed by atoms with van der Waals surface area (Å²) in [5.74, 6) is -0.499. The van der Waals surface area contributed by atoms with Crippen molar-refractivity contribution in [1.82, 2.24) is 4.72 Å². The molecule has 0 bridgehead atoms. The van der Waals surface area contributed by atoms with Crippen molar-refractivity contribution in [2.75, 3.05) is 12.9 Å². The monoisotopic (exact) mass is 300 g/mol. The van der Waals surface area contributed by atoms with Gasteiger partial charge in [0.15, 0.2) is 0 Å². The van der Waals surface area contributed by atoms with Crippen LogP contribution < -0.4 is 10.5 Å². The first kappa shape index (κ1) is 16.6. The minimum Gasteiger partial charge on any atom is -0.469 e. The van der Waals surface area contributed by atoms with Gasteiger partial charge >= 0.3 is 5.97 Å². The summed E-state index contributed by atoms with van der Waals surface area (Å²) in [6.07, 6.45) is 0.344. The maximum absolute atomic E-state index is 11.7. The summed E-state index contributed by atoms with van der Waals surface area (Å²) in [5, 5.41) is 0. The highest BCUT2D eigenvalue weighted by atomic mass is 32.2. The number of nitrogens with two attached hydrogens (primary N) is 1.